The fraction of sp³-hybridized carbons (Fsp3) is 0.571. The summed E-state index contributed by atoms with van der Waals surface area (Å²) in [5.74, 6) is -1.81. The van der Waals surface area contributed by atoms with Crippen LogP contribution in [0.2, 0.25) is 0 Å². The number of imide groups is 1. The third-order valence-electron chi connectivity index (χ3n) is 5.24. The van der Waals surface area contributed by atoms with E-state index in [-0.39, 0.29) is 30.8 Å². The number of hydrogen-bond donors (Lipinski definition) is 0. The van der Waals surface area contributed by atoms with Crippen LogP contribution in [0.5, 0.6) is 0 Å². The van der Waals surface area contributed by atoms with E-state index in [0.29, 0.717) is 32.5 Å². The zero-order valence-electron chi connectivity index (χ0n) is 16.4. The monoisotopic (exact) mass is 389 g/mol. The van der Waals surface area contributed by atoms with Crippen LogP contribution in [0, 0.1) is 5.92 Å². The average Bonchev–Trinajstić information content (AvgIpc) is 3.25. The summed E-state index contributed by atoms with van der Waals surface area (Å²) in [5.41, 5.74) is 1.02. The molecule has 3 rings (SSSR count). The van der Waals surface area contributed by atoms with Gasteiger partial charge in [0, 0.05) is 18.8 Å². The first-order valence-electron chi connectivity index (χ1n) is 9.69. The van der Waals surface area contributed by atoms with Crippen LogP contribution in [0.4, 0.5) is 4.79 Å². The molecule has 0 N–H and O–H groups in total. The van der Waals surface area contributed by atoms with Gasteiger partial charge in [-0.25, -0.2) is 9.69 Å². The molecule has 0 radical (unpaired) electrons. The minimum absolute atomic E-state index is 0.0801. The van der Waals surface area contributed by atoms with Crippen LogP contribution in [0.1, 0.15) is 38.7 Å². The van der Waals surface area contributed by atoms with Gasteiger partial charge in [0.05, 0.1) is 19.3 Å². The highest BCUT2D eigenvalue weighted by Crippen LogP contribution is 2.29. The highest BCUT2D eigenvalue weighted by molar-refractivity contribution is 5.96. The van der Waals surface area contributed by atoms with Crippen LogP contribution in [-0.2, 0) is 30.2 Å². The number of benzene rings is 1. The lowest BCUT2D eigenvalue weighted by molar-refractivity contribution is -0.153. The number of carbonyl (C=O) groups is 3. The Bertz CT molecular complexity index is 713. The summed E-state index contributed by atoms with van der Waals surface area (Å²) in [7, 11) is 0. The number of hydrogen-bond acceptors (Lipinski definition) is 6. The molecule has 0 saturated carbocycles. The average molecular weight is 389 g/mol. The molecule has 7 heteroatoms. The fourth-order valence-electron chi connectivity index (χ4n) is 3.76. The predicted octanol–water partition coefficient (Wildman–Crippen LogP) is 2.72. The van der Waals surface area contributed by atoms with Crippen molar-refractivity contribution in [2.75, 3.05) is 19.8 Å². The Morgan fingerprint density at radius 2 is 1.89 bits per heavy atom. The Morgan fingerprint density at radius 1 is 1.21 bits per heavy atom. The van der Waals surface area contributed by atoms with Crippen molar-refractivity contribution >= 4 is 17.8 Å². The molecule has 2 fully saturated rings. The van der Waals surface area contributed by atoms with Gasteiger partial charge in [0.1, 0.15) is 12.4 Å². The number of ketones is 1. The molecule has 0 spiro atoms. The molecular formula is C21H27NO6. The van der Waals surface area contributed by atoms with Gasteiger partial charge in [-0.05, 0) is 32.3 Å². The molecule has 0 bridgehead atoms. The Morgan fingerprint density at radius 3 is 2.54 bits per heavy atom. The smallest absolute Gasteiger partial charge is 0.416 e. The van der Waals surface area contributed by atoms with E-state index in [1.807, 2.05) is 37.3 Å². The van der Waals surface area contributed by atoms with Gasteiger partial charge in [0.15, 0.2) is 5.79 Å². The zero-order chi connectivity index (χ0) is 20.1. The number of ether oxygens (including phenoxy) is 3. The molecular weight excluding hydrogens is 362 g/mol. The zero-order valence-corrected chi connectivity index (χ0v) is 16.4. The van der Waals surface area contributed by atoms with Crippen LogP contribution in [0.25, 0.3) is 0 Å². The van der Waals surface area contributed by atoms with E-state index in [1.54, 1.807) is 0 Å². The molecule has 2 amide bonds. The Kier molecular flexibility index (Phi) is 6.46. The van der Waals surface area contributed by atoms with Crippen LogP contribution >= 0.6 is 0 Å². The maximum atomic E-state index is 13.2. The SMILES string of the molecule is CC(=O)CC(CCC1(C)OCCO1)C(=O)N1C(=O)OCC1Cc1ccccc1. The lowest BCUT2D eigenvalue weighted by Crippen LogP contribution is -2.44. The third-order valence-corrected chi connectivity index (χ3v) is 5.24. The summed E-state index contributed by atoms with van der Waals surface area (Å²) in [5, 5.41) is 0. The second-order valence-electron chi connectivity index (χ2n) is 7.60. The van der Waals surface area contributed by atoms with Crippen LogP contribution in [0.3, 0.4) is 0 Å². The quantitative estimate of drug-likeness (QED) is 0.680. The minimum atomic E-state index is -0.746. The van der Waals surface area contributed by atoms with Crippen LogP contribution in [0.15, 0.2) is 30.3 Å². The molecule has 28 heavy (non-hydrogen) atoms. The third kappa shape index (κ3) is 4.97. The standard InChI is InChI=1S/C21H27NO6/c1-15(23)12-17(8-9-21(2)27-10-11-28-21)19(24)22-18(14-26-20(22)25)13-16-6-4-3-5-7-16/h3-7,17-18H,8-14H2,1-2H3. The number of amides is 2. The van der Waals surface area contributed by atoms with E-state index in [4.69, 9.17) is 14.2 Å². The summed E-state index contributed by atoms with van der Waals surface area (Å²) in [6.07, 6.45) is 0.838. The van der Waals surface area contributed by atoms with Crippen molar-refractivity contribution in [2.45, 2.75) is 51.4 Å². The Labute approximate surface area is 164 Å². The number of carbonyl (C=O) groups excluding carboxylic acids is 3. The number of nitrogens with zero attached hydrogens (tertiary/aromatic N) is 1. The molecule has 2 saturated heterocycles. The summed E-state index contributed by atoms with van der Waals surface area (Å²) in [6, 6.07) is 9.29. The predicted molar refractivity (Wildman–Crippen MR) is 100 cm³/mol. The van der Waals surface area contributed by atoms with Gasteiger partial charge < -0.3 is 19.0 Å². The minimum Gasteiger partial charge on any atom is -0.447 e. The van der Waals surface area contributed by atoms with Crippen LogP contribution < -0.4 is 0 Å². The van der Waals surface area contributed by atoms with E-state index in [9.17, 15) is 14.4 Å². The molecule has 2 aliphatic heterocycles. The second kappa shape index (κ2) is 8.84. The molecule has 0 aliphatic carbocycles. The largest absolute Gasteiger partial charge is 0.447 e. The molecule has 2 aliphatic rings. The summed E-state index contributed by atoms with van der Waals surface area (Å²) >= 11 is 0. The topological polar surface area (TPSA) is 82.1 Å². The maximum Gasteiger partial charge on any atom is 0.416 e. The van der Waals surface area contributed by atoms with Crippen molar-refractivity contribution < 1.29 is 28.6 Å². The second-order valence-corrected chi connectivity index (χ2v) is 7.60. The Balaban J connectivity index is 1.71. The van der Waals surface area contributed by atoms with E-state index in [1.165, 1.54) is 11.8 Å². The molecule has 2 heterocycles. The normalized spacial score (nSPS) is 22.1. The van der Waals surface area contributed by atoms with Crippen LogP contribution in [-0.4, -0.2) is 54.3 Å². The van der Waals surface area contributed by atoms with Crippen molar-refractivity contribution in [3.63, 3.8) is 0 Å². The van der Waals surface area contributed by atoms with Gasteiger partial charge in [0.25, 0.3) is 0 Å². The fourth-order valence-corrected chi connectivity index (χ4v) is 3.76. The van der Waals surface area contributed by atoms with Crippen molar-refractivity contribution in [2.24, 2.45) is 5.92 Å². The van der Waals surface area contributed by atoms with E-state index in [2.05, 4.69) is 0 Å². The Hall–Kier alpha value is -2.25. The number of Topliss-reactive ketones (excluding diaryl/α,β-unsaturated/α-hetero) is 1. The van der Waals surface area contributed by atoms with Crippen molar-refractivity contribution in [3.05, 3.63) is 35.9 Å². The molecule has 1 aromatic rings. The first kappa shape index (κ1) is 20.5. The van der Waals surface area contributed by atoms with E-state index < -0.39 is 17.8 Å². The van der Waals surface area contributed by atoms with Gasteiger partial charge in [-0.3, -0.25) is 4.79 Å². The summed E-state index contributed by atoms with van der Waals surface area (Å²) in [6.45, 7) is 4.47. The lowest BCUT2D eigenvalue weighted by Gasteiger charge is -2.27. The molecule has 2 atom stereocenters. The van der Waals surface area contributed by atoms with E-state index >= 15 is 0 Å². The van der Waals surface area contributed by atoms with Crippen molar-refractivity contribution in [1.82, 2.24) is 4.90 Å². The molecule has 0 aromatic heterocycles. The summed E-state index contributed by atoms with van der Waals surface area (Å²) in [4.78, 5) is 38.4. The maximum absolute atomic E-state index is 13.2. The molecule has 2 unspecified atom stereocenters. The summed E-state index contributed by atoms with van der Waals surface area (Å²) < 4.78 is 16.4. The van der Waals surface area contributed by atoms with Gasteiger partial charge in [0.2, 0.25) is 5.91 Å². The van der Waals surface area contributed by atoms with Crippen molar-refractivity contribution in [1.29, 1.82) is 0 Å². The van der Waals surface area contributed by atoms with E-state index in [0.717, 1.165) is 5.56 Å². The molecule has 7 nitrogen and oxygen atoms in total. The highest BCUT2D eigenvalue weighted by Gasteiger charge is 2.42. The van der Waals surface area contributed by atoms with Gasteiger partial charge in [-0.2, -0.15) is 0 Å². The molecule has 152 valence electrons. The van der Waals surface area contributed by atoms with Gasteiger partial charge in [-0.1, -0.05) is 30.3 Å². The van der Waals surface area contributed by atoms with Crippen molar-refractivity contribution in [3.8, 4) is 0 Å². The first-order valence-corrected chi connectivity index (χ1v) is 9.69. The number of cyclic esters (lactones) is 1. The number of rotatable bonds is 8. The highest BCUT2D eigenvalue weighted by atomic mass is 16.7. The lowest BCUT2D eigenvalue weighted by atomic mass is 9.92. The molecule has 1 aromatic carbocycles. The van der Waals surface area contributed by atoms with Gasteiger partial charge in [-0.15, -0.1) is 0 Å². The first-order chi connectivity index (χ1) is 13.4. The van der Waals surface area contributed by atoms with Gasteiger partial charge >= 0.3 is 6.09 Å².